The van der Waals surface area contributed by atoms with Crippen LogP contribution in [0, 0.1) is 15.5 Å². The van der Waals surface area contributed by atoms with Crippen molar-refractivity contribution < 1.29 is 19.3 Å². The van der Waals surface area contributed by atoms with Crippen LogP contribution in [0.1, 0.15) is 48.1 Å². The molecule has 1 aliphatic carbocycles. The first-order chi connectivity index (χ1) is 19.4. The molecule has 0 aromatic heterocycles. The summed E-state index contributed by atoms with van der Waals surface area (Å²) in [6.07, 6.45) is 3.77. The van der Waals surface area contributed by atoms with Gasteiger partial charge in [-0.1, -0.05) is 97.1 Å². The van der Waals surface area contributed by atoms with Crippen molar-refractivity contribution in [3.8, 4) is 0 Å². The molecule has 1 spiro atoms. The van der Waals surface area contributed by atoms with E-state index in [-0.39, 0.29) is 23.0 Å². The van der Waals surface area contributed by atoms with Crippen LogP contribution in [0.2, 0.25) is 0 Å². The topological polar surface area (TPSA) is 97.6 Å². The molecule has 3 atom stereocenters. The lowest BCUT2D eigenvalue weighted by Crippen LogP contribution is -2.48. The number of carbonyl (C=O) groups is 3. The molecule has 0 bridgehead atoms. The van der Waals surface area contributed by atoms with Gasteiger partial charge in [-0.15, -0.1) is 0 Å². The maximum atomic E-state index is 14.6. The molecule has 2 heterocycles. The number of hydrogen-bond donors (Lipinski definition) is 0. The third kappa shape index (κ3) is 3.09. The van der Waals surface area contributed by atoms with Gasteiger partial charge in [0.2, 0.25) is 0 Å². The summed E-state index contributed by atoms with van der Waals surface area (Å²) in [5.74, 6) is -1.81. The second-order valence-corrected chi connectivity index (χ2v) is 10.3. The first-order valence-corrected chi connectivity index (χ1v) is 13.0. The van der Waals surface area contributed by atoms with Crippen LogP contribution in [0.15, 0.2) is 109 Å². The Labute approximate surface area is 229 Å². The SMILES string of the molecule is O=C(c1ccccc1)[C@H]1[C@H](c2ccc([N+](=O)[O-])cc2)C2(C(=O)c3ccccc3C2=O)[C@H]2C=Cc3ccccc3N12. The van der Waals surface area contributed by atoms with Gasteiger partial charge in [0.1, 0.15) is 11.5 Å². The smallest absolute Gasteiger partial charge is 0.269 e. The number of anilines is 1. The van der Waals surface area contributed by atoms with E-state index in [1.54, 1.807) is 60.7 Å². The van der Waals surface area contributed by atoms with E-state index in [1.165, 1.54) is 12.1 Å². The zero-order valence-corrected chi connectivity index (χ0v) is 21.1. The third-order valence-corrected chi connectivity index (χ3v) is 8.50. The highest BCUT2D eigenvalue weighted by Crippen LogP contribution is 2.61. The molecule has 3 aliphatic rings. The number of nitro benzene ring substituents is 1. The van der Waals surface area contributed by atoms with Gasteiger partial charge in [0, 0.05) is 40.4 Å². The second kappa shape index (κ2) is 8.68. The molecule has 1 saturated heterocycles. The maximum absolute atomic E-state index is 14.6. The van der Waals surface area contributed by atoms with Crippen molar-refractivity contribution in [2.24, 2.45) is 5.41 Å². The van der Waals surface area contributed by atoms with Crippen LogP contribution in [-0.2, 0) is 0 Å². The van der Waals surface area contributed by atoms with Crippen molar-refractivity contribution in [1.82, 2.24) is 0 Å². The van der Waals surface area contributed by atoms with Crippen molar-refractivity contribution in [1.29, 1.82) is 0 Å². The number of benzene rings is 4. The molecule has 0 amide bonds. The normalized spacial score (nSPS) is 21.7. The van der Waals surface area contributed by atoms with Crippen LogP contribution >= 0.6 is 0 Å². The van der Waals surface area contributed by atoms with Gasteiger partial charge in [0.25, 0.3) is 5.69 Å². The Morgan fingerprint density at radius 3 is 2.02 bits per heavy atom. The summed E-state index contributed by atoms with van der Waals surface area (Å²) >= 11 is 0. The lowest BCUT2D eigenvalue weighted by Gasteiger charge is -2.37. The number of non-ortho nitro benzene ring substituents is 1. The minimum atomic E-state index is -1.64. The van der Waals surface area contributed by atoms with Gasteiger partial charge in [-0.05, 0) is 17.2 Å². The molecule has 2 aliphatic heterocycles. The van der Waals surface area contributed by atoms with Gasteiger partial charge in [-0.3, -0.25) is 24.5 Å². The van der Waals surface area contributed by atoms with Gasteiger partial charge in [-0.25, -0.2) is 0 Å². The molecule has 7 heteroatoms. The predicted molar refractivity (Wildman–Crippen MR) is 150 cm³/mol. The highest BCUT2D eigenvalue weighted by atomic mass is 16.6. The fraction of sp³-hybridized carbons (Fsp3) is 0.121. The first kappa shape index (κ1) is 23.9. The van der Waals surface area contributed by atoms with Crippen LogP contribution < -0.4 is 4.90 Å². The fourth-order valence-electron chi connectivity index (χ4n) is 6.87. The van der Waals surface area contributed by atoms with E-state index in [9.17, 15) is 24.5 Å². The zero-order chi connectivity index (χ0) is 27.6. The molecule has 7 rings (SSSR count). The van der Waals surface area contributed by atoms with Crippen LogP contribution in [0.4, 0.5) is 11.4 Å². The van der Waals surface area contributed by atoms with Crippen LogP contribution in [-0.4, -0.2) is 34.4 Å². The molecule has 1 fully saturated rings. The molecular formula is C33H22N2O5. The van der Waals surface area contributed by atoms with Crippen LogP contribution in [0.3, 0.4) is 0 Å². The summed E-state index contributed by atoms with van der Waals surface area (Å²) < 4.78 is 0. The number of carbonyl (C=O) groups excluding carboxylic acids is 3. The van der Waals surface area contributed by atoms with Gasteiger partial charge in [-0.2, -0.15) is 0 Å². The van der Waals surface area contributed by atoms with E-state index in [0.717, 1.165) is 11.3 Å². The summed E-state index contributed by atoms with van der Waals surface area (Å²) in [6, 6.07) is 27.5. The molecule has 40 heavy (non-hydrogen) atoms. The highest BCUT2D eigenvalue weighted by Gasteiger charge is 2.71. The van der Waals surface area contributed by atoms with Crippen molar-refractivity contribution in [2.45, 2.75) is 18.0 Å². The Bertz CT molecular complexity index is 1720. The first-order valence-electron chi connectivity index (χ1n) is 13.0. The van der Waals surface area contributed by atoms with E-state index in [0.29, 0.717) is 22.3 Å². The number of nitro groups is 1. The molecule has 4 aromatic rings. The molecule has 0 saturated carbocycles. The predicted octanol–water partition coefficient (Wildman–Crippen LogP) is 5.91. The van der Waals surface area contributed by atoms with Crippen molar-refractivity contribution in [2.75, 3.05) is 4.90 Å². The molecule has 194 valence electrons. The van der Waals surface area contributed by atoms with Crippen LogP contribution in [0.5, 0.6) is 0 Å². The Balaban J connectivity index is 1.54. The number of fused-ring (bicyclic) bond motifs is 5. The largest absolute Gasteiger partial charge is 0.352 e. The lowest BCUT2D eigenvalue weighted by atomic mass is 9.64. The van der Waals surface area contributed by atoms with Crippen molar-refractivity contribution in [3.63, 3.8) is 0 Å². The summed E-state index contributed by atoms with van der Waals surface area (Å²) in [6.45, 7) is 0. The average Bonchev–Trinajstić information content (AvgIpc) is 3.43. The molecule has 0 N–H and O–H groups in total. The van der Waals surface area contributed by atoms with Crippen molar-refractivity contribution >= 4 is 34.8 Å². The number of para-hydroxylation sites is 1. The van der Waals surface area contributed by atoms with E-state index in [2.05, 4.69) is 0 Å². The minimum Gasteiger partial charge on any atom is -0.352 e. The number of rotatable bonds is 4. The monoisotopic (exact) mass is 526 g/mol. The summed E-state index contributed by atoms with van der Waals surface area (Å²) in [5, 5.41) is 11.5. The van der Waals surface area contributed by atoms with E-state index >= 15 is 0 Å². The summed E-state index contributed by atoms with van der Waals surface area (Å²) in [4.78, 5) is 56.5. The number of Topliss-reactive ketones (excluding diaryl/α,β-unsaturated/α-hetero) is 3. The number of nitrogens with zero attached hydrogens (tertiary/aromatic N) is 2. The van der Waals surface area contributed by atoms with Crippen molar-refractivity contribution in [3.05, 3.63) is 147 Å². The molecule has 4 aromatic carbocycles. The molecule has 0 radical (unpaired) electrons. The summed E-state index contributed by atoms with van der Waals surface area (Å²) in [5.41, 5.74) is 1.52. The van der Waals surface area contributed by atoms with Gasteiger partial charge >= 0.3 is 0 Å². The van der Waals surface area contributed by atoms with Gasteiger partial charge in [0.15, 0.2) is 17.3 Å². The van der Waals surface area contributed by atoms with Gasteiger partial charge in [0.05, 0.1) is 11.0 Å². The molecule has 0 unspecified atom stereocenters. The third-order valence-electron chi connectivity index (χ3n) is 8.50. The molecule has 7 nitrogen and oxygen atoms in total. The van der Waals surface area contributed by atoms with E-state index < -0.39 is 28.3 Å². The Kier molecular flexibility index (Phi) is 5.19. The Morgan fingerprint density at radius 2 is 1.38 bits per heavy atom. The highest BCUT2D eigenvalue weighted by molar-refractivity contribution is 6.32. The van der Waals surface area contributed by atoms with Crippen LogP contribution in [0.25, 0.3) is 6.08 Å². The molecular weight excluding hydrogens is 504 g/mol. The Morgan fingerprint density at radius 1 is 0.775 bits per heavy atom. The fourth-order valence-corrected chi connectivity index (χ4v) is 6.87. The average molecular weight is 527 g/mol. The zero-order valence-electron chi connectivity index (χ0n) is 21.1. The lowest BCUT2D eigenvalue weighted by molar-refractivity contribution is -0.384. The quantitative estimate of drug-likeness (QED) is 0.142. The standard InChI is InChI=1S/C33H22N2O5/c36-30(22-9-2-1-3-10-22)29-28(21-14-17-23(18-15-21)35(39)40)33(31(37)24-11-5-6-12-25(24)32(33)38)27-19-16-20-8-4-7-13-26(20)34(27)29/h1-19,27-29H/t27-,28+,29-/m1/s1. The second-order valence-electron chi connectivity index (χ2n) is 10.3. The Hall–Kier alpha value is -5.17. The van der Waals surface area contributed by atoms with E-state index in [1.807, 2.05) is 47.4 Å². The number of ketones is 3. The van der Waals surface area contributed by atoms with E-state index in [4.69, 9.17) is 0 Å². The maximum Gasteiger partial charge on any atom is 0.269 e. The number of hydrogen-bond acceptors (Lipinski definition) is 6. The van der Waals surface area contributed by atoms with Gasteiger partial charge < -0.3 is 4.90 Å². The minimum absolute atomic E-state index is 0.114. The summed E-state index contributed by atoms with van der Waals surface area (Å²) in [7, 11) is 0.